The van der Waals surface area contributed by atoms with Crippen LogP contribution in [0.4, 0.5) is 0 Å². The second-order valence-corrected chi connectivity index (χ2v) is 3.97. The summed E-state index contributed by atoms with van der Waals surface area (Å²) >= 11 is 0. The minimum Gasteiger partial charge on any atom is -0.496 e. The molecule has 17 heavy (non-hydrogen) atoms. The van der Waals surface area contributed by atoms with Gasteiger partial charge in [0.25, 0.3) is 0 Å². The summed E-state index contributed by atoms with van der Waals surface area (Å²) in [5.74, 6) is 0.672. The number of aliphatic hydroxyl groups is 1. The van der Waals surface area contributed by atoms with Gasteiger partial charge in [-0.25, -0.2) is 4.68 Å². The van der Waals surface area contributed by atoms with Crippen LogP contribution in [-0.2, 0) is 0 Å². The lowest BCUT2D eigenvalue weighted by Gasteiger charge is -2.15. The van der Waals surface area contributed by atoms with Crippen molar-refractivity contribution >= 4 is 0 Å². The van der Waals surface area contributed by atoms with Gasteiger partial charge in [0.1, 0.15) is 5.75 Å². The molecule has 0 aliphatic carbocycles. The highest BCUT2D eigenvalue weighted by Gasteiger charge is 2.15. The summed E-state index contributed by atoms with van der Waals surface area (Å²) in [6.07, 6.45) is 1.27. The van der Waals surface area contributed by atoms with E-state index in [2.05, 4.69) is 5.10 Å². The molecule has 0 bridgehead atoms. The average molecular weight is 232 g/mol. The summed E-state index contributed by atoms with van der Waals surface area (Å²) in [5, 5.41) is 14.2. The zero-order valence-corrected chi connectivity index (χ0v) is 10.2. The topological polar surface area (TPSA) is 47.3 Å². The lowest BCUT2D eigenvalue weighted by atomic mass is 10.1. The van der Waals surface area contributed by atoms with E-state index in [1.807, 2.05) is 37.4 Å². The van der Waals surface area contributed by atoms with Crippen molar-refractivity contribution in [3.63, 3.8) is 0 Å². The molecule has 2 rings (SSSR count). The molecule has 0 aliphatic rings. The van der Waals surface area contributed by atoms with E-state index in [9.17, 15) is 5.11 Å². The Kier molecular flexibility index (Phi) is 3.15. The summed E-state index contributed by atoms with van der Waals surface area (Å²) in [4.78, 5) is 0. The predicted octanol–water partition coefficient (Wildman–Crippen LogP) is 2.24. The van der Waals surface area contributed by atoms with Crippen molar-refractivity contribution in [2.75, 3.05) is 7.11 Å². The molecule has 0 fully saturated rings. The first kappa shape index (κ1) is 11.7. The van der Waals surface area contributed by atoms with Crippen molar-refractivity contribution in [1.82, 2.24) is 9.78 Å². The number of nitrogens with zero attached hydrogens (tertiary/aromatic N) is 2. The van der Waals surface area contributed by atoms with Gasteiger partial charge in [0.2, 0.25) is 0 Å². The number of benzene rings is 1. The van der Waals surface area contributed by atoms with Crippen LogP contribution in [-0.4, -0.2) is 22.0 Å². The van der Waals surface area contributed by atoms with Crippen molar-refractivity contribution in [2.45, 2.75) is 20.0 Å². The molecule has 1 N–H and O–H groups in total. The van der Waals surface area contributed by atoms with Gasteiger partial charge < -0.3 is 9.84 Å². The van der Waals surface area contributed by atoms with E-state index < -0.39 is 6.10 Å². The van der Waals surface area contributed by atoms with Gasteiger partial charge in [-0.15, -0.1) is 0 Å². The van der Waals surface area contributed by atoms with E-state index in [1.54, 1.807) is 18.7 Å². The highest BCUT2D eigenvalue weighted by molar-refractivity contribution is 5.50. The third-order valence-electron chi connectivity index (χ3n) is 2.65. The Labute approximate surface area is 100 Å². The van der Waals surface area contributed by atoms with Crippen LogP contribution in [0.15, 0.2) is 30.5 Å². The molecule has 0 saturated carbocycles. The van der Waals surface area contributed by atoms with E-state index in [1.165, 1.54) is 0 Å². The van der Waals surface area contributed by atoms with Crippen LogP contribution in [0, 0.1) is 6.92 Å². The van der Waals surface area contributed by atoms with Crippen molar-refractivity contribution in [2.24, 2.45) is 0 Å². The number of methoxy groups -OCH3 is 1. The van der Waals surface area contributed by atoms with Crippen LogP contribution >= 0.6 is 0 Å². The molecule has 0 radical (unpaired) electrons. The highest BCUT2D eigenvalue weighted by atomic mass is 16.5. The molecule has 0 spiro atoms. The molecule has 0 aliphatic heterocycles. The number of hydrogen-bond donors (Lipinski definition) is 1. The Balaban J connectivity index is 2.60. The molecular weight excluding hydrogens is 216 g/mol. The summed E-state index contributed by atoms with van der Waals surface area (Å²) in [5.41, 5.74) is 2.52. The first-order chi connectivity index (χ1) is 8.13. The maximum atomic E-state index is 9.86. The lowest BCUT2D eigenvalue weighted by molar-refractivity contribution is 0.194. The molecule has 1 aromatic carbocycles. The van der Waals surface area contributed by atoms with Crippen molar-refractivity contribution < 1.29 is 9.84 Å². The fourth-order valence-electron chi connectivity index (χ4n) is 1.88. The van der Waals surface area contributed by atoms with Gasteiger partial charge in [-0.3, -0.25) is 0 Å². The first-order valence-electron chi connectivity index (χ1n) is 5.51. The van der Waals surface area contributed by atoms with Crippen molar-refractivity contribution in [3.05, 3.63) is 41.7 Å². The van der Waals surface area contributed by atoms with Gasteiger partial charge >= 0.3 is 0 Å². The first-order valence-corrected chi connectivity index (χ1v) is 5.51. The Morgan fingerprint density at radius 3 is 2.65 bits per heavy atom. The number of aryl methyl sites for hydroxylation is 1. The van der Waals surface area contributed by atoms with Crippen LogP contribution in [0.25, 0.3) is 5.69 Å². The summed E-state index contributed by atoms with van der Waals surface area (Å²) in [7, 11) is 1.60. The van der Waals surface area contributed by atoms with E-state index in [-0.39, 0.29) is 0 Å². The van der Waals surface area contributed by atoms with Gasteiger partial charge in [0, 0.05) is 11.8 Å². The quantitative estimate of drug-likeness (QED) is 0.882. The van der Waals surface area contributed by atoms with Gasteiger partial charge in [-0.05, 0) is 32.0 Å². The molecule has 0 amide bonds. The maximum Gasteiger partial charge on any atom is 0.126 e. The molecule has 4 nitrogen and oxygen atoms in total. The molecule has 4 heteroatoms. The fourth-order valence-corrected chi connectivity index (χ4v) is 1.88. The highest BCUT2D eigenvalue weighted by Crippen LogP contribution is 2.30. The Bertz CT molecular complexity index is 518. The van der Waals surface area contributed by atoms with Crippen LogP contribution in [0.1, 0.15) is 24.3 Å². The number of ether oxygens (including phenoxy) is 1. The number of hydrogen-bond acceptors (Lipinski definition) is 3. The van der Waals surface area contributed by atoms with Crippen molar-refractivity contribution in [3.8, 4) is 11.4 Å². The molecular formula is C13H16N2O2. The SMILES string of the molecule is COc1cccc(-n2ccc(C)n2)c1C(C)O. The molecule has 1 aromatic heterocycles. The van der Waals surface area contributed by atoms with Crippen LogP contribution in [0.5, 0.6) is 5.75 Å². The smallest absolute Gasteiger partial charge is 0.126 e. The summed E-state index contributed by atoms with van der Waals surface area (Å²) in [6.45, 7) is 3.65. The van der Waals surface area contributed by atoms with E-state index >= 15 is 0 Å². The molecule has 1 heterocycles. The molecule has 1 unspecified atom stereocenters. The number of rotatable bonds is 3. The zero-order chi connectivity index (χ0) is 12.4. The predicted molar refractivity (Wildman–Crippen MR) is 65.5 cm³/mol. The Morgan fingerprint density at radius 2 is 2.12 bits per heavy atom. The Hall–Kier alpha value is -1.81. The standard InChI is InChI=1S/C13H16N2O2/c1-9-7-8-15(14-9)11-5-4-6-12(17-3)13(11)10(2)16/h4-8,10,16H,1-3H3. The van der Waals surface area contributed by atoms with Crippen LogP contribution in [0.3, 0.4) is 0 Å². The monoisotopic (exact) mass is 232 g/mol. The van der Waals surface area contributed by atoms with Crippen LogP contribution < -0.4 is 4.74 Å². The number of aliphatic hydroxyl groups excluding tert-OH is 1. The largest absolute Gasteiger partial charge is 0.496 e. The van der Waals surface area contributed by atoms with Gasteiger partial charge in [-0.1, -0.05) is 6.07 Å². The Morgan fingerprint density at radius 1 is 1.35 bits per heavy atom. The van der Waals surface area contributed by atoms with Gasteiger partial charge in [0.15, 0.2) is 0 Å². The van der Waals surface area contributed by atoms with Crippen LogP contribution in [0.2, 0.25) is 0 Å². The van der Waals surface area contributed by atoms with Crippen molar-refractivity contribution in [1.29, 1.82) is 0 Å². The molecule has 0 saturated heterocycles. The normalized spacial score (nSPS) is 12.5. The third-order valence-corrected chi connectivity index (χ3v) is 2.65. The molecule has 90 valence electrons. The maximum absolute atomic E-state index is 9.86. The summed E-state index contributed by atoms with van der Waals surface area (Å²) in [6, 6.07) is 7.56. The lowest BCUT2D eigenvalue weighted by Crippen LogP contribution is -2.05. The van der Waals surface area contributed by atoms with E-state index in [4.69, 9.17) is 4.74 Å². The molecule has 1 atom stereocenters. The second kappa shape index (κ2) is 4.59. The minimum atomic E-state index is -0.606. The third kappa shape index (κ3) is 2.17. The van der Waals surface area contributed by atoms with Gasteiger partial charge in [-0.2, -0.15) is 5.10 Å². The van der Waals surface area contributed by atoms with Gasteiger partial charge in [0.05, 0.1) is 24.6 Å². The second-order valence-electron chi connectivity index (χ2n) is 3.97. The zero-order valence-electron chi connectivity index (χ0n) is 10.2. The fraction of sp³-hybridized carbons (Fsp3) is 0.308. The molecule has 2 aromatic rings. The summed E-state index contributed by atoms with van der Waals surface area (Å²) < 4.78 is 7.02. The number of aromatic nitrogens is 2. The minimum absolute atomic E-state index is 0.606. The van der Waals surface area contributed by atoms with E-state index in [0.29, 0.717) is 5.75 Å². The average Bonchev–Trinajstić information content (AvgIpc) is 2.74. The van der Waals surface area contributed by atoms with E-state index in [0.717, 1.165) is 16.9 Å².